The van der Waals surface area contributed by atoms with Crippen LogP contribution in [0.4, 0.5) is 0 Å². The predicted molar refractivity (Wildman–Crippen MR) is 73.6 cm³/mol. The molecule has 0 radical (unpaired) electrons. The van der Waals surface area contributed by atoms with E-state index in [1.54, 1.807) is 6.07 Å². The van der Waals surface area contributed by atoms with Gasteiger partial charge in [0.1, 0.15) is 4.70 Å². The lowest BCUT2D eigenvalue weighted by molar-refractivity contribution is 0.281. The van der Waals surface area contributed by atoms with Crippen molar-refractivity contribution < 1.29 is 5.11 Å². The third-order valence-corrected chi connectivity index (χ3v) is 4.60. The second-order valence-corrected chi connectivity index (χ2v) is 5.45. The minimum absolute atomic E-state index is 0.0265. The van der Waals surface area contributed by atoms with E-state index in [0.717, 1.165) is 26.3 Å². The van der Waals surface area contributed by atoms with Gasteiger partial charge >= 0.3 is 0 Å². The summed E-state index contributed by atoms with van der Waals surface area (Å²) in [6.07, 6.45) is 0. The number of aromatic nitrogens is 1. The molecule has 3 aromatic rings. The van der Waals surface area contributed by atoms with E-state index in [1.807, 2.05) is 17.5 Å². The summed E-state index contributed by atoms with van der Waals surface area (Å²) in [5.41, 5.74) is 1.54. The van der Waals surface area contributed by atoms with Crippen molar-refractivity contribution >= 4 is 48.3 Å². The summed E-state index contributed by atoms with van der Waals surface area (Å²) in [5.74, 6) is 0. The number of aromatic amines is 1. The SMILES string of the molecule is O=c1[nH]c2ccc(CO)c(Br)c2c2ccsc12. The van der Waals surface area contributed by atoms with Gasteiger partial charge in [0.2, 0.25) is 0 Å². The lowest BCUT2D eigenvalue weighted by atomic mass is 10.1. The number of aliphatic hydroxyl groups is 1. The Labute approximate surface area is 109 Å². The van der Waals surface area contributed by atoms with E-state index in [-0.39, 0.29) is 12.2 Å². The molecule has 2 heterocycles. The van der Waals surface area contributed by atoms with Gasteiger partial charge < -0.3 is 10.1 Å². The molecule has 2 aromatic heterocycles. The number of benzene rings is 1. The van der Waals surface area contributed by atoms with E-state index in [2.05, 4.69) is 20.9 Å². The molecule has 0 aliphatic rings. The smallest absolute Gasteiger partial charge is 0.266 e. The molecule has 0 unspecified atom stereocenters. The van der Waals surface area contributed by atoms with E-state index >= 15 is 0 Å². The second-order valence-electron chi connectivity index (χ2n) is 3.74. The monoisotopic (exact) mass is 309 g/mol. The molecular formula is C12H8BrNO2S. The fraction of sp³-hybridized carbons (Fsp3) is 0.0833. The number of H-pyrrole nitrogens is 1. The molecule has 3 rings (SSSR count). The first kappa shape index (κ1) is 11.0. The van der Waals surface area contributed by atoms with Crippen molar-refractivity contribution in [2.24, 2.45) is 0 Å². The molecule has 0 amide bonds. The van der Waals surface area contributed by atoms with Crippen LogP contribution in [0.5, 0.6) is 0 Å². The largest absolute Gasteiger partial charge is 0.392 e. The van der Waals surface area contributed by atoms with Crippen LogP contribution in [-0.2, 0) is 6.61 Å². The Bertz CT molecular complexity index is 775. The molecule has 0 aliphatic heterocycles. The Kier molecular flexibility index (Phi) is 2.54. The topological polar surface area (TPSA) is 53.1 Å². The van der Waals surface area contributed by atoms with Gasteiger partial charge in [-0.25, -0.2) is 0 Å². The molecule has 0 bridgehead atoms. The fourth-order valence-electron chi connectivity index (χ4n) is 1.97. The van der Waals surface area contributed by atoms with Crippen molar-refractivity contribution in [2.75, 3.05) is 0 Å². The van der Waals surface area contributed by atoms with Gasteiger partial charge in [0.25, 0.3) is 5.56 Å². The third-order valence-electron chi connectivity index (χ3n) is 2.78. The van der Waals surface area contributed by atoms with Crippen LogP contribution in [0.1, 0.15) is 5.56 Å². The quantitative estimate of drug-likeness (QED) is 0.726. The average Bonchev–Trinajstić information content (AvgIpc) is 2.79. The fourth-order valence-corrected chi connectivity index (χ4v) is 3.45. The number of aliphatic hydroxyl groups excluding tert-OH is 1. The van der Waals surface area contributed by atoms with E-state index in [4.69, 9.17) is 0 Å². The molecule has 0 aliphatic carbocycles. The average molecular weight is 310 g/mol. The number of rotatable bonds is 1. The number of fused-ring (bicyclic) bond motifs is 3. The lowest BCUT2D eigenvalue weighted by Gasteiger charge is -2.06. The van der Waals surface area contributed by atoms with Crippen LogP contribution in [0.2, 0.25) is 0 Å². The van der Waals surface area contributed by atoms with Gasteiger partial charge in [-0.2, -0.15) is 0 Å². The number of pyridine rings is 1. The van der Waals surface area contributed by atoms with Crippen LogP contribution < -0.4 is 5.56 Å². The second kappa shape index (κ2) is 3.94. The highest BCUT2D eigenvalue weighted by molar-refractivity contribution is 9.10. The maximum Gasteiger partial charge on any atom is 0.266 e. The van der Waals surface area contributed by atoms with Gasteiger partial charge in [-0.1, -0.05) is 6.07 Å². The Morgan fingerprint density at radius 1 is 1.35 bits per heavy atom. The zero-order chi connectivity index (χ0) is 12.0. The third kappa shape index (κ3) is 1.54. The molecule has 3 nitrogen and oxygen atoms in total. The summed E-state index contributed by atoms with van der Waals surface area (Å²) < 4.78 is 1.56. The number of halogens is 1. The minimum atomic E-state index is -0.0638. The van der Waals surface area contributed by atoms with Crippen LogP contribution in [-0.4, -0.2) is 10.1 Å². The van der Waals surface area contributed by atoms with Crippen molar-refractivity contribution in [3.05, 3.63) is 44.0 Å². The van der Waals surface area contributed by atoms with Gasteiger partial charge in [0.15, 0.2) is 0 Å². The van der Waals surface area contributed by atoms with Gasteiger partial charge in [0, 0.05) is 15.2 Å². The van der Waals surface area contributed by atoms with E-state index in [9.17, 15) is 9.90 Å². The van der Waals surface area contributed by atoms with Gasteiger partial charge in [0.05, 0.1) is 12.1 Å². The summed E-state index contributed by atoms with van der Waals surface area (Å²) in [5, 5.41) is 13.0. The summed E-state index contributed by atoms with van der Waals surface area (Å²) in [4.78, 5) is 14.7. The first-order valence-corrected chi connectivity index (χ1v) is 6.71. The van der Waals surface area contributed by atoms with Crippen LogP contribution in [0.3, 0.4) is 0 Å². The molecular weight excluding hydrogens is 302 g/mol. The number of hydrogen-bond donors (Lipinski definition) is 2. The lowest BCUT2D eigenvalue weighted by Crippen LogP contribution is -2.04. The highest BCUT2D eigenvalue weighted by Crippen LogP contribution is 2.33. The number of hydrogen-bond acceptors (Lipinski definition) is 3. The predicted octanol–water partition coefficient (Wildman–Crippen LogP) is 3.00. The summed E-state index contributed by atoms with van der Waals surface area (Å²) >= 11 is 4.92. The zero-order valence-electron chi connectivity index (χ0n) is 8.66. The van der Waals surface area contributed by atoms with Gasteiger partial charge in [-0.05, 0) is 39.0 Å². The van der Waals surface area contributed by atoms with Crippen molar-refractivity contribution in [3.63, 3.8) is 0 Å². The molecule has 5 heteroatoms. The molecule has 0 atom stereocenters. The normalized spacial score (nSPS) is 11.4. The Morgan fingerprint density at radius 2 is 2.18 bits per heavy atom. The Balaban J connectivity index is 2.62. The first-order chi connectivity index (χ1) is 8.22. The molecule has 0 saturated carbocycles. The summed E-state index contributed by atoms with van der Waals surface area (Å²) in [6.45, 7) is -0.0265. The standard InChI is InChI=1S/C12H8BrNO2S/c13-10-6(5-15)1-2-8-9(10)7-3-4-17-11(7)12(16)14-8/h1-4,15H,5H2,(H,14,16). The van der Waals surface area contributed by atoms with Crippen LogP contribution in [0, 0.1) is 0 Å². The highest BCUT2D eigenvalue weighted by atomic mass is 79.9. The maximum absolute atomic E-state index is 11.8. The van der Waals surface area contributed by atoms with Crippen LogP contribution in [0.25, 0.3) is 21.0 Å². The number of nitrogens with one attached hydrogen (secondary N) is 1. The maximum atomic E-state index is 11.8. The summed E-state index contributed by atoms with van der Waals surface area (Å²) in [7, 11) is 0. The zero-order valence-corrected chi connectivity index (χ0v) is 11.1. The molecule has 0 saturated heterocycles. The Morgan fingerprint density at radius 3 is 2.94 bits per heavy atom. The van der Waals surface area contributed by atoms with Gasteiger partial charge in [-0.3, -0.25) is 4.79 Å². The van der Waals surface area contributed by atoms with Gasteiger partial charge in [-0.15, -0.1) is 11.3 Å². The minimum Gasteiger partial charge on any atom is -0.392 e. The van der Waals surface area contributed by atoms with Crippen LogP contribution in [0.15, 0.2) is 32.8 Å². The van der Waals surface area contributed by atoms with Crippen molar-refractivity contribution in [1.82, 2.24) is 4.98 Å². The van der Waals surface area contributed by atoms with Crippen LogP contribution >= 0.6 is 27.3 Å². The molecule has 2 N–H and O–H groups in total. The molecule has 86 valence electrons. The molecule has 1 aromatic carbocycles. The van der Waals surface area contributed by atoms with Crippen molar-refractivity contribution in [3.8, 4) is 0 Å². The Hall–Kier alpha value is -1.17. The molecule has 17 heavy (non-hydrogen) atoms. The first-order valence-electron chi connectivity index (χ1n) is 5.04. The molecule has 0 spiro atoms. The van der Waals surface area contributed by atoms with E-state index in [1.165, 1.54) is 11.3 Å². The van der Waals surface area contributed by atoms with Crippen molar-refractivity contribution in [1.29, 1.82) is 0 Å². The number of thiophene rings is 1. The van der Waals surface area contributed by atoms with E-state index < -0.39 is 0 Å². The highest BCUT2D eigenvalue weighted by Gasteiger charge is 2.11. The van der Waals surface area contributed by atoms with E-state index in [0.29, 0.717) is 4.70 Å². The summed E-state index contributed by atoms with van der Waals surface area (Å²) in [6, 6.07) is 5.56. The molecule has 0 fully saturated rings. The van der Waals surface area contributed by atoms with Crippen molar-refractivity contribution in [2.45, 2.75) is 6.61 Å².